The summed E-state index contributed by atoms with van der Waals surface area (Å²) in [6, 6.07) is 3.20. The molecule has 0 bridgehead atoms. The van der Waals surface area contributed by atoms with Crippen LogP contribution in [-0.2, 0) is 6.18 Å². The Balaban J connectivity index is 2.59. The molecule has 0 amide bonds. The second-order valence-electron chi connectivity index (χ2n) is 3.90. The van der Waals surface area contributed by atoms with Gasteiger partial charge in [-0.2, -0.15) is 13.2 Å². The van der Waals surface area contributed by atoms with Crippen LogP contribution in [0.3, 0.4) is 0 Å². The van der Waals surface area contributed by atoms with E-state index in [1.54, 1.807) is 0 Å². The average Bonchev–Trinajstić information content (AvgIpc) is 2.29. The van der Waals surface area contributed by atoms with E-state index < -0.39 is 11.7 Å². The van der Waals surface area contributed by atoms with E-state index in [9.17, 15) is 13.2 Å². The SMILES string of the molecule is OCCCCCNc1cc(C(F)(F)F)ccc1Cl. The quantitative estimate of drug-likeness (QED) is 0.774. The van der Waals surface area contributed by atoms with Crippen molar-refractivity contribution < 1.29 is 18.3 Å². The summed E-state index contributed by atoms with van der Waals surface area (Å²) in [5, 5.41) is 11.7. The van der Waals surface area contributed by atoms with Crippen molar-refractivity contribution in [1.29, 1.82) is 0 Å². The van der Waals surface area contributed by atoms with Crippen molar-refractivity contribution in [3.63, 3.8) is 0 Å². The van der Waals surface area contributed by atoms with Gasteiger partial charge in [0.15, 0.2) is 0 Å². The zero-order valence-corrected chi connectivity index (χ0v) is 10.5. The van der Waals surface area contributed by atoms with Gasteiger partial charge in [0, 0.05) is 13.2 Å². The number of aliphatic hydroxyl groups is 1. The van der Waals surface area contributed by atoms with Crippen molar-refractivity contribution in [2.75, 3.05) is 18.5 Å². The second kappa shape index (κ2) is 6.85. The summed E-state index contributed by atoms with van der Waals surface area (Å²) in [4.78, 5) is 0. The minimum absolute atomic E-state index is 0.129. The number of aliphatic hydroxyl groups excluding tert-OH is 1. The third-order valence-corrected chi connectivity index (χ3v) is 2.77. The first-order chi connectivity index (χ1) is 8.45. The van der Waals surface area contributed by atoms with Gasteiger partial charge in [0.2, 0.25) is 0 Å². The third-order valence-electron chi connectivity index (χ3n) is 2.44. The van der Waals surface area contributed by atoms with Crippen LogP contribution in [0.25, 0.3) is 0 Å². The molecule has 2 N–H and O–H groups in total. The molecule has 102 valence electrons. The highest BCUT2D eigenvalue weighted by molar-refractivity contribution is 6.33. The molecule has 0 heterocycles. The lowest BCUT2D eigenvalue weighted by atomic mass is 10.2. The molecule has 0 aliphatic carbocycles. The first-order valence-electron chi connectivity index (χ1n) is 5.66. The molecule has 1 aromatic carbocycles. The van der Waals surface area contributed by atoms with Crippen LogP contribution in [0, 0.1) is 0 Å². The van der Waals surface area contributed by atoms with Crippen LogP contribution >= 0.6 is 11.6 Å². The molecule has 0 radical (unpaired) electrons. The number of anilines is 1. The largest absolute Gasteiger partial charge is 0.416 e. The summed E-state index contributed by atoms with van der Waals surface area (Å²) in [7, 11) is 0. The molecule has 2 nitrogen and oxygen atoms in total. The second-order valence-corrected chi connectivity index (χ2v) is 4.31. The zero-order chi connectivity index (χ0) is 13.6. The first-order valence-corrected chi connectivity index (χ1v) is 6.04. The molecule has 0 fully saturated rings. The van der Waals surface area contributed by atoms with Crippen molar-refractivity contribution >= 4 is 17.3 Å². The topological polar surface area (TPSA) is 32.3 Å². The van der Waals surface area contributed by atoms with Gasteiger partial charge < -0.3 is 10.4 Å². The maximum Gasteiger partial charge on any atom is 0.416 e. The van der Waals surface area contributed by atoms with Crippen molar-refractivity contribution in [1.82, 2.24) is 0 Å². The van der Waals surface area contributed by atoms with Crippen LogP contribution in [0.1, 0.15) is 24.8 Å². The average molecular weight is 282 g/mol. The zero-order valence-electron chi connectivity index (χ0n) is 9.73. The summed E-state index contributed by atoms with van der Waals surface area (Å²) in [6.45, 7) is 0.658. The number of hydrogen-bond acceptors (Lipinski definition) is 2. The van der Waals surface area contributed by atoms with Crippen molar-refractivity contribution in [2.24, 2.45) is 0 Å². The van der Waals surface area contributed by atoms with E-state index in [1.807, 2.05) is 0 Å². The van der Waals surface area contributed by atoms with Gasteiger partial charge in [0.25, 0.3) is 0 Å². The normalized spacial score (nSPS) is 11.6. The highest BCUT2D eigenvalue weighted by atomic mass is 35.5. The smallest absolute Gasteiger partial charge is 0.396 e. The molecule has 1 aromatic rings. The van der Waals surface area contributed by atoms with Gasteiger partial charge in [-0.1, -0.05) is 11.6 Å². The Morgan fingerprint density at radius 1 is 1.17 bits per heavy atom. The maximum atomic E-state index is 12.5. The highest BCUT2D eigenvalue weighted by Gasteiger charge is 2.30. The molecule has 1 rings (SSSR count). The number of hydrogen-bond donors (Lipinski definition) is 2. The summed E-state index contributed by atoms with van der Waals surface area (Å²) in [6.07, 6.45) is -2.08. The van der Waals surface area contributed by atoms with Gasteiger partial charge in [-0.3, -0.25) is 0 Å². The Bertz CT molecular complexity index is 382. The van der Waals surface area contributed by atoms with Gasteiger partial charge in [0.1, 0.15) is 0 Å². The van der Waals surface area contributed by atoms with Crippen LogP contribution in [-0.4, -0.2) is 18.3 Å². The predicted molar refractivity (Wildman–Crippen MR) is 65.9 cm³/mol. The lowest BCUT2D eigenvalue weighted by Gasteiger charge is -2.12. The van der Waals surface area contributed by atoms with Crippen LogP contribution < -0.4 is 5.32 Å². The van der Waals surface area contributed by atoms with Crippen LogP contribution in [0.5, 0.6) is 0 Å². The molecule has 0 aliphatic rings. The fourth-order valence-corrected chi connectivity index (χ4v) is 1.66. The summed E-state index contributed by atoms with van der Waals surface area (Å²) in [5.41, 5.74) is -0.430. The van der Waals surface area contributed by atoms with E-state index in [1.165, 1.54) is 6.07 Å². The van der Waals surface area contributed by atoms with Gasteiger partial charge in [-0.25, -0.2) is 0 Å². The Morgan fingerprint density at radius 2 is 1.89 bits per heavy atom. The summed E-state index contributed by atoms with van der Waals surface area (Å²) in [5.74, 6) is 0. The van der Waals surface area contributed by atoms with Crippen LogP contribution in [0.2, 0.25) is 5.02 Å². The fraction of sp³-hybridized carbons (Fsp3) is 0.500. The first kappa shape index (κ1) is 15.1. The van der Waals surface area contributed by atoms with E-state index in [-0.39, 0.29) is 17.3 Å². The number of alkyl halides is 3. The monoisotopic (exact) mass is 281 g/mol. The van der Waals surface area contributed by atoms with Gasteiger partial charge >= 0.3 is 6.18 Å². The number of rotatable bonds is 6. The Morgan fingerprint density at radius 3 is 2.50 bits per heavy atom. The molecular weight excluding hydrogens is 267 g/mol. The van der Waals surface area contributed by atoms with Crippen molar-refractivity contribution in [3.05, 3.63) is 28.8 Å². The lowest BCUT2D eigenvalue weighted by molar-refractivity contribution is -0.137. The predicted octanol–water partition coefficient (Wildman–Crippen LogP) is 3.93. The Labute approximate surface area is 109 Å². The molecular formula is C12H15ClF3NO. The van der Waals surface area contributed by atoms with Crippen LogP contribution in [0.15, 0.2) is 18.2 Å². The Hall–Kier alpha value is -0.940. The Kier molecular flexibility index (Phi) is 5.75. The number of unbranched alkanes of at least 4 members (excludes halogenated alkanes) is 2. The summed E-state index contributed by atoms with van der Waals surface area (Å²) < 4.78 is 37.5. The van der Waals surface area contributed by atoms with Crippen molar-refractivity contribution in [2.45, 2.75) is 25.4 Å². The molecule has 18 heavy (non-hydrogen) atoms. The van der Waals surface area contributed by atoms with Gasteiger partial charge in [-0.05, 0) is 37.5 Å². The number of halogens is 4. The standard InChI is InChI=1S/C12H15ClF3NO/c13-10-5-4-9(12(14,15)16)8-11(10)17-6-2-1-3-7-18/h4-5,8,17-18H,1-3,6-7H2. The number of nitrogens with one attached hydrogen (secondary N) is 1. The van der Waals surface area contributed by atoms with E-state index in [4.69, 9.17) is 16.7 Å². The number of benzene rings is 1. The van der Waals surface area contributed by atoms with E-state index in [0.717, 1.165) is 25.0 Å². The van der Waals surface area contributed by atoms with E-state index >= 15 is 0 Å². The summed E-state index contributed by atoms with van der Waals surface area (Å²) >= 11 is 5.82. The third kappa shape index (κ3) is 4.74. The lowest BCUT2D eigenvalue weighted by Crippen LogP contribution is -2.07. The fourth-order valence-electron chi connectivity index (χ4n) is 1.47. The minimum Gasteiger partial charge on any atom is -0.396 e. The molecule has 0 saturated heterocycles. The minimum atomic E-state index is -4.36. The molecule has 0 spiro atoms. The highest BCUT2D eigenvalue weighted by Crippen LogP contribution is 2.33. The molecule has 6 heteroatoms. The molecule has 0 unspecified atom stereocenters. The van der Waals surface area contributed by atoms with E-state index in [0.29, 0.717) is 13.0 Å². The van der Waals surface area contributed by atoms with E-state index in [2.05, 4.69) is 5.32 Å². The van der Waals surface area contributed by atoms with Crippen molar-refractivity contribution in [3.8, 4) is 0 Å². The maximum absolute atomic E-state index is 12.5. The molecule has 0 aliphatic heterocycles. The van der Waals surface area contributed by atoms with Crippen LogP contribution in [0.4, 0.5) is 18.9 Å². The van der Waals surface area contributed by atoms with Gasteiger partial charge in [0.05, 0.1) is 16.3 Å². The molecule has 0 aromatic heterocycles. The molecule has 0 atom stereocenters. The molecule has 0 saturated carbocycles. The van der Waals surface area contributed by atoms with Gasteiger partial charge in [-0.15, -0.1) is 0 Å².